The van der Waals surface area contributed by atoms with E-state index in [1.165, 1.54) is 4.90 Å². The van der Waals surface area contributed by atoms with Crippen molar-refractivity contribution in [3.05, 3.63) is 0 Å². The van der Waals surface area contributed by atoms with Crippen molar-refractivity contribution in [3.63, 3.8) is 0 Å². The zero-order chi connectivity index (χ0) is 16.7. The number of hydrogen-bond donors (Lipinski definition) is 1. The van der Waals surface area contributed by atoms with E-state index in [1.54, 1.807) is 0 Å². The van der Waals surface area contributed by atoms with Gasteiger partial charge in [-0.3, -0.25) is 0 Å². The molecule has 2 unspecified atom stereocenters. The molecule has 2 fully saturated rings. The number of likely N-dealkylation sites (tertiary alicyclic amines) is 1. The average molecular weight is 338 g/mol. The third-order valence-electron chi connectivity index (χ3n) is 4.29. The van der Waals surface area contributed by atoms with Gasteiger partial charge < -0.3 is 19.7 Å². The van der Waals surface area contributed by atoms with E-state index in [1.807, 2.05) is 0 Å². The number of amides is 2. The van der Waals surface area contributed by atoms with Gasteiger partial charge in [-0.15, -0.1) is 0 Å². The quantitative estimate of drug-likeness (QED) is 0.757. The van der Waals surface area contributed by atoms with Crippen molar-refractivity contribution in [1.29, 1.82) is 0 Å². The fraction of sp³-hybridized carbons (Fsp3) is 0.933. The van der Waals surface area contributed by atoms with Crippen LogP contribution >= 0.6 is 0 Å². The smallest absolute Gasteiger partial charge is 0.381 e. The lowest BCUT2D eigenvalue weighted by Crippen LogP contribution is -2.48. The molecule has 2 atom stereocenters. The number of rotatable bonds is 6. The van der Waals surface area contributed by atoms with Gasteiger partial charge in [-0.05, 0) is 25.7 Å². The zero-order valence-corrected chi connectivity index (χ0v) is 13.2. The van der Waals surface area contributed by atoms with Gasteiger partial charge in [0.2, 0.25) is 0 Å². The second-order valence-electron chi connectivity index (χ2n) is 6.22. The lowest BCUT2D eigenvalue weighted by atomic mass is 9.98. The zero-order valence-electron chi connectivity index (χ0n) is 13.2. The third-order valence-corrected chi connectivity index (χ3v) is 4.29. The largest absolute Gasteiger partial charge is 0.393 e. The Balaban J connectivity index is 1.55. The Morgan fingerprint density at radius 1 is 1.35 bits per heavy atom. The maximum atomic E-state index is 12.7. The summed E-state index contributed by atoms with van der Waals surface area (Å²) in [6.07, 6.45) is -2.06. The number of urea groups is 1. The summed E-state index contributed by atoms with van der Waals surface area (Å²) in [6.45, 7) is 3.28. The summed E-state index contributed by atoms with van der Waals surface area (Å²) in [5.41, 5.74) is 0. The number of ether oxygens (including phenoxy) is 2. The van der Waals surface area contributed by atoms with Gasteiger partial charge in [-0.1, -0.05) is 0 Å². The van der Waals surface area contributed by atoms with Crippen LogP contribution in [0.15, 0.2) is 0 Å². The van der Waals surface area contributed by atoms with E-state index >= 15 is 0 Å². The SMILES string of the molecule is O=C(NCCCOCC1CCOC1)N1CCCC(C(F)(F)F)C1. The van der Waals surface area contributed by atoms with Gasteiger partial charge in [0.1, 0.15) is 0 Å². The summed E-state index contributed by atoms with van der Waals surface area (Å²) in [4.78, 5) is 13.2. The highest BCUT2D eigenvalue weighted by Gasteiger charge is 2.42. The first-order valence-corrected chi connectivity index (χ1v) is 8.22. The number of nitrogens with zero attached hydrogens (tertiary/aromatic N) is 1. The summed E-state index contributed by atoms with van der Waals surface area (Å²) >= 11 is 0. The Labute approximate surface area is 134 Å². The van der Waals surface area contributed by atoms with Crippen LogP contribution in [0.5, 0.6) is 0 Å². The minimum Gasteiger partial charge on any atom is -0.381 e. The number of hydrogen-bond acceptors (Lipinski definition) is 3. The number of carbonyl (C=O) groups is 1. The molecule has 2 rings (SSSR count). The van der Waals surface area contributed by atoms with Gasteiger partial charge in [0, 0.05) is 38.8 Å². The third kappa shape index (κ3) is 6.18. The summed E-state index contributed by atoms with van der Waals surface area (Å²) in [5, 5.41) is 2.67. The normalized spacial score (nSPS) is 25.6. The summed E-state index contributed by atoms with van der Waals surface area (Å²) in [5.74, 6) is -0.948. The maximum Gasteiger partial charge on any atom is 0.393 e. The highest BCUT2D eigenvalue weighted by atomic mass is 19.4. The molecule has 0 spiro atoms. The minimum absolute atomic E-state index is 0.103. The molecular weight excluding hydrogens is 313 g/mol. The molecule has 8 heteroatoms. The molecule has 0 radical (unpaired) electrons. The number of alkyl halides is 3. The molecule has 2 amide bonds. The summed E-state index contributed by atoms with van der Waals surface area (Å²) in [6, 6.07) is -0.414. The van der Waals surface area contributed by atoms with Crippen molar-refractivity contribution in [2.75, 3.05) is 46.1 Å². The number of piperidine rings is 1. The van der Waals surface area contributed by atoms with Gasteiger partial charge in [0.05, 0.1) is 19.1 Å². The van der Waals surface area contributed by atoms with Crippen molar-refractivity contribution in [2.45, 2.75) is 31.9 Å². The summed E-state index contributed by atoms with van der Waals surface area (Å²) in [7, 11) is 0. The van der Waals surface area contributed by atoms with Crippen LogP contribution in [0.4, 0.5) is 18.0 Å². The first kappa shape index (κ1) is 18.3. The van der Waals surface area contributed by atoms with Crippen LogP contribution in [0.2, 0.25) is 0 Å². The van der Waals surface area contributed by atoms with E-state index in [-0.39, 0.29) is 13.0 Å². The van der Waals surface area contributed by atoms with E-state index < -0.39 is 18.1 Å². The molecule has 0 aliphatic carbocycles. The fourth-order valence-electron chi connectivity index (χ4n) is 2.87. The maximum absolute atomic E-state index is 12.7. The number of nitrogens with one attached hydrogen (secondary N) is 1. The molecule has 2 aliphatic rings. The Kier molecular flexibility index (Phi) is 6.95. The fourth-order valence-corrected chi connectivity index (χ4v) is 2.87. The number of halogens is 3. The lowest BCUT2D eigenvalue weighted by Gasteiger charge is -2.33. The topological polar surface area (TPSA) is 50.8 Å². The van der Waals surface area contributed by atoms with Crippen LogP contribution in [0, 0.1) is 11.8 Å². The van der Waals surface area contributed by atoms with Gasteiger partial charge in [0.25, 0.3) is 0 Å². The monoisotopic (exact) mass is 338 g/mol. The molecule has 1 N–H and O–H groups in total. The second kappa shape index (κ2) is 8.73. The van der Waals surface area contributed by atoms with E-state index in [9.17, 15) is 18.0 Å². The van der Waals surface area contributed by atoms with Crippen LogP contribution in [-0.2, 0) is 9.47 Å². The Hall–Kier alpha value is -1.02. The average Bonchev–Trinajstić information content (AvgIpc) is 3.03. The van der Waals surface area contributed by atoms with Crippen LogP contribution in [0.3, 0.4) is 0 Å². The molecule has 0 aromatic carbocycles. The molecule has 0 saturated carbocycles. The molecule has 23 heavy (non-hydrogen) atoms. The standard InChI is InChI=1S/C15H25F3N2O3/c16-15(17,18)13-3-1-6-20(9-13)14(21)19-5-2-7-22-10-12-4-8-23-11-12/h12-13H,1-11H2,(H,19,21). The molecule has 0 aromatic rings. The highest BCUT2D eigenvalue weighted by molar-refractivity contribution is 5.74. The van der Waals surface area contributed by atoms with Crippen molar-refractivity contribution >= 4 is 6.03 Å². The van der Waals surface area contributed by atoms with Gasteiger partial charge in [-0.25, -0.2) is 4.79 Å². The van der Waals surface area contributed by atoms with Crippen LogP contribution in [-0.4, -0.2) is 63.2 Å². The molecule has 2 saturated heterocycles. The van der Waals surface area contributed by atoms with E-state index in [4.69, 9.17) is 9.47 Å². The van der Waals surface area contributed by atoms with Gasteiger partial charge in [-0.2, -0.15) is 13.2 Å². The molecule has 0 bridgehead atoms. The van der Waals surface area contributed by atoms with Crippen molar-refractivity contribution in [3.8, 4) is 0 Å². The van der Waals surface area contributed by atoms with E-state index in [0.717, 1.165) is 19.6 Å². The second-order valence-corrected chi connectivity index (χ2v) is 6.22. The molecule has 0 aromatic heterocycles. The lowest BCUT2D eigenvalue weighted by molar-refractivity contribution is -0.183. The van der Waals surface area contributed by atoms with Crippen molar-refractivity contribution < 1.29 is 27.4 Å². The van der Waals surface area contributed by atoms with Crippen LogP contribution in [0.25, 0.3) is 0 Å². The van der Waals surface area contributed by atoms with Gasteiger partial charge in [0.15, 0.2) is 0 Å². The van der Waals surface area contributed by atoms with Crippen LogP contribution in [0.1, 0.15) is 25.7 Å². The highest BCUT2D eigenvalue weighted by Crippen LogP contribution is 2.33. The molecule has 2 heterocycles. The minimum atomic E-state index is -4.23. The van der Waals surface area contributed by atoms with E-state index in [2.05, 4.69) is 5.32 Å². The van der Waals surface area contributed by atoms with Gasteiger partial charge >= 0.3 is 12.2 Å². The van der Waals surface area contributed by atoms with Crippen LogP contribution < -0.4 is 5.32 Å². The summed E-state index contributed by atoms with van der Waals surface area (Å²) < 4.78 is 48.9. The van der Waals surface area contributed by atoms with Crippen molar-refractivity contribution in [2.24, 2.45) is 11.8 Å². The Morgan fingerprint density at radius 3 is 2.87 bits per heavy atom. The van der Waals surface area contributed by atoms with E-state index in [0.29, 0.717) is 45.1 Å². The molecule has 5 nitrogen and oxygen atoms in total. The first-order chi connectivity index (χ1) is 11.0. The predicted octanol–water partition coefficient (Wildman–Crippen LogP) is 2.41. The number of carbonyl (C=O) groups excluding carboxylic acids is 1. The Bertz CT molecular complexity index is 373. The molecule has 2 aliphatic heterocycles. The molecular formula is C15H25F3N2O3. The van der Waals surface area contributed by atoms with Crippen molar-refractivity contribution in [1.82, 2.24) is 10.2 Å². The predicted molar refractivity (Wildman–Crippen MR) is 78.1 cm³/mol. The Morgan fingerprint density at radius 2 is 2.17 bits per heavy atom. The first-order valence-electron chi connectivity index (χ1n) is 8.22. The molecule has 134 valence electrons.